The van der Waals surface area contributed by atoms with Gasteiger partial charge in [-0.15, -0.1) is 0 Å². The Morgan fingerprint density at radius 1 is 1.19 bits per heavy atom. The third kappa shape index (κ3) is 2.78. The normalized spacial score (nSPS) is 13.3. The van der Waals surface area contributed by atoms with Gasteiger partial charge in [-0.05, 0) is 24.3 Å². The standard InChI is InChI=1S/C14H10F2N2O2S/c15-8-2-1-7(3-9(8)16)21-13-5-11-12(4-10(13)17)20-6-14(19)18-11/h1-5H,6,17H2,(H,18,19). The first-order valence-electron chi connectivity index (χ1n) is 6.02. The smallest absolute Gasteiger partial charge is 0.262 e. The molecule has 0 spiro atoms. The van der Waals surface area contributed by atoms with Crippen LogP contribution < -0.4 is 15.8 Å². The third-order valence-corrected chi connectivity index (χ3v) is 3.93. The highest BCUT2D eigenvalue weighted by Gasteiger charge is 2.18. The lowest BCUT2D eigenvalue weighted by molar-refractivity contribution is -0.118. The minimum atomic E-state index is -0.923. The van der Waals surface area contributed by atoms with Crippen molar-refractivity contribution in [3.8, 4) is 5.75 Å². The Kier molecular flexibility index (Phi) is 3.42. The molecule has 0 bridgehead atoms. The zero-order chi connectivity index (χ0) is 15.0. The molecule has 0 radical (unpaired) electrons. The molecular weight excluding hydrogens is 298 g/mol. The summed E-state index contributed by atoms with van der Waals surface area (Å²) in [5.41, 5.74) is 6.85. The Hall–Kier alpha value is -2.28. The van der Waals surface area contributed by atoms with Crippen molar-refractivity contribution < 1.29 is 18.3 Å². The number of ether oxygens (including phenoxy) is 1. The van der Waals surface area contributed by atoms with Gasteiger partial charge in [-0.1, -0.05) is 11.8 Å². The fourth-order valence-corrected chi connectivity index (χ4v) is 2.78. The second-order valence-corrected chi connectivity index (χ2v) is 5.52. The molecule has 3 rings (SSSR count). The van der Waals surface area contributed by atoms with E-state index in [1.54, 1.807) is 12.1 Å². The molecule has 0 aliphatic carbocycles. The summed E-state index contributed by atoms with van der Waals surface area (Å²) >= 11 is 1.17. The topological polar surface area (TPSA) is 64.3 Å². The first kappa shape index (κ1) is 13.7. The van der Waals surface area contributed by atoms with Gasteiger partial charge < -0.3 is 15.8 Å². The van der Waals surface area contributed by atoms with Crippen molar-refractivity contribution in [2.24, 2.45) is 0 Å². The zero-order valence-electron chi connectivity index (χ0n) is 10.7. The van der Waals surface area contributed by atoms with Crippen molar-refractivity contribution >= 4 is 29.0 Å². The number of nitrogen functional groups attached to an aromatic ring is 1. The summed E-state index contributed by atoms with van der Waals surface area (Å²) in [5, 5.41) is 2.67. The number of halogens is 2. The molecule has 7 heteroatoms. The summed E-state index contributed by atoms with van der Waals surface area (Å²) in [5.74, 6) is -1.59. The maximum Gasteiger partial charge on any atom is 0.262 e. The predicted molar refractivity (Wildman–Crippen MR) is 75.5 cm³/mol. The van der Waals surface area contributed by atoms with Crippen LogP contribution in [0.1, 0.15) is 0 Å². The molecule has 2 aromatic carbocycles. The molecule has 0 saturated carbocycles. The first-order chi connectivity index (χ1) is 10.0. The molecular formula is C14H10F2N2O2S. The van der Waals surface area contributed by atoms with E-state index in [4.69, 9.17) is 10.5 Å². The van der Waals surface area contributed by atoms with Crippen LogP contribution in [0.25, 0.3) is 0 Å². The summed E-state index contributed by atoms with van der Waals surface area (Å²) < 4.78 is 31.4. The number of nitrogens with one attached hydrogen (secondary N) is 1. The number of nitrogens with two attached hydrogens (primary N) is 1. The molecule has 4 nitrogen and oxygen atoms in total. The SMILES string of the molecule is Nc1cc2c(cc1Sc1ccc(F)c(F)c1)NC(=O)CO2. The predicted octanol–water partition coefficient (Wildman–Crippen LogP) is 3.03. The second-order valence-electron chi connectivity index (χ2n) is 4.40. The van der Waals surface area contributed by atoms with Crippen LogP contribution in [-0.2, 0) is 4.79 Å². The van der Waals surface area contributed by atoms with Gasteiger partial charge in [-0.25, -0.2) is 8.78 Å². The Labute approximate surface area is 123 Å². The van der Waals surface area contributed by atoms with E-state index in [9.17, 15) is 13.6 Å². The molecule has 2 aromatic rings. The summed E-state index contributed by atoms with van der Waals surface area (Å²) in [6.45, 7) is -0.0535. The van der Waals surface area contributed by atoms with E-state index in [2.05, 4.69) is 5.32 Å². The number of fused-ring (bicyclic) bond motifs is 1. The van der Waals surface area contributed by atoms with Crippen molar-refractivity contribution in [3.63, 3.8) is 0 Å². The summed E-state index contributed by atoms with van der Waals surface area (Å²) in [4.78, 5) is 12.4. The highest BCUT2D eigenvalue weighted by atomic mass is 32.2. The maximum absolute atomic E-state index is 13.2. The monoisotopic (exact) mass is 308 g/mol. The molecule has 1 aliphatic rings. The Morgan fingerprint density at radius 3 is 2.76 bits per heavy atom. The molecule has 1 heterocycles. The number of amides is 1. The highest BCUT2D eigenvalue weighted by Crippen LogP contribution is 2.40. The van der Waals surface area contributed by atoms with Gasteiger partial charge in [0.05, 0.1) is 5.69 Å². The van der Waals surface area contributed by atoms with Crippen LogP contribution >= 0.6 is 11.8 Å². The van der Waals surface area contributed by atoms with Crippen molar-refractivity contribution in [3.05, 3.63) is 42.0 Å². The molecule has 108 valence electrons. The molecule has 0 fully saturated rings. The molecule has 0 saturated heterocycles. The van der Waals surface area contributed by atoms with Gasteiger partial charge in [0.1, 0.15) is 5.75 Å². The van der Waals surface area contributed by atoms with Crippen LogP contribution in [0.15, 0.2) is 40.1 Å². The lowest BCUT2D eigenvalue weighted by Crippen LogP contribution is -2.25. The molecule has 1 aliphatic heterocycles. The van der Waals surface area contributed by atoms with E-state index < -0.39 is 11.6 Å². The number of hydrogen-bond donors (Lipinski definition) is 2. The van der Waals surface area contributed by atoms with E-state index in [0.29, 0.717) is 26.9 Å². The van der Waals surface area contributed by atoms with Gasteiger partial charge in [0, 0.05) is 21.5 Å². The number of anilines is 2. The van der Waals surface area contributed by atoms with Crippen LogP contribution in [0.2, 0.25) is 0 Å². The fourth-order valence-electron chi connectivity index (χ4n) is 1.88. The number of benzene rings is 2. The molecule has 1 amide bonds. The average Bonchev–Trinajstić information content (AvgIpc) is 2.44. The summed E-state index contributed by atoms with van der Waals surface area (Å²) in [6, 6.07) is 6.84. The molecule has 21 heavy (non-hydrogen) atoms. The van der Waals surface area contributed by atoms with Crippen molar-refractivity contribution in [2.45, 2.75) is 9.79 Å². The van der Waals surface area contributed by atoms with Crippen molar-refractivity contribution in [2.75, 3.05) is 17.7 Å². The maximum atomic E-state index is 13.2. The minimum Gasteiger partial charge on any atom is -0.482 e. The van der Waals surface area contributed by atoms with Gasteiger partial charge in [-0.3, -0.25) is 4.79 Å². The van der Waals surface area contributed by atoms with Crippen LogP contribution in [0, 0.1) is 11.6 Å². The Balaban J connectivity index is 1.93. The first-order valence-corrected chi connectivity index (χ1v) is 6.83. The highest BCUT2D eigenvalue weighted by molar-refractivity contribution is 7.99. The quantitative estimate of drug-likeness (QED) is 0.837. The molecule has 0 unspecified atom stereocenters. The zero-order valence-corrected chi connectivity index (χ0v) is 11.5. The van der Waals surface area contributed by atoms with E-state index in [-0.39, 0.29) is 12.5 Å². The largest absolute Gasteiger partial charge is 0.482 e. The lowest BCUT2D eigenvalue weighted by Gasteiger charge is -2.19. The van der Waals surface area contributed by atoms with E-state index >= 15 is 0 Å². The lowest BCUT2D eigenvalue weighted by atomic mass is 10.2. The van der Waals surface area contributed by atoms with E-state index in [1.807, 2.05) is 0 Å². The van der Waals surface area contributed by atoms with Gasteiger partial charge in [0.2, 0.25) is 0 Å². The molecule has 0 aromatic heterocycles. The fraction of sp³-hybridized carbons (Fsp3) is 0.0714. The van der Waals surface area contributed by atoms with Crippen LogP contribution in [-0.4, -0.2) is 12.5 Å². The van der Waals surface area contributed by atoms with Gasteiger partial charge in [-0.2, -0.15) is 0 Å². The Bertz CT molecular complexity index is 737. The second kappa shape index (κ2) is 5.25. The van der Waals surface area contributed by atoms with Crippen molar-refractivity contribution in [1.82, 2.24) is 0 Å². The van der Waals surface area contributed by atoms with E-state index in [0.717, 1.165) is 12.1 Å². The minimum absolute atomic E-state index is 0.0535. The van der Waals surface area contributed by atoms with Crippen LogP contribution in [0.5, 0.6) is 5.75 Å². The van der Waals surface area contributed by atoms with Crippen molar-refractivity contribution in [1.29, 1.82) is 0 Å². The van der Waals surface area contributed by atoms with Gasteiger partial charge in [0.15, 0.2) is 18.2 Å². The average molecular weight is 308 g/mol. The number of carbonyl (C=O) groups excluding carboxylic acids is 1. The Morgan fingerprint density at radius 2 is 2.00 bits per heavy atom. The van der Waals surface area contributed by atoms with Crippen LogP contribution in [0.3, 0.4) is 0 Å². The summed E-state index contributed by atoms with van der Waals surface area (Å²) in [6.07, 6.45) is 0. The van der Waals surface area contributed by atoms with Gasteiger partial charge >= 0.3 is 0 Å². The van der Waals surface area contributed by atoms with Gasteiger partial charge in [0.25, 0.3) is 5.91 Å². The molecule has 3 N–H and O–H groups in total. The molecule has 0 atom stereocenters. The number of carbonyl (C=O) groups is 1. The third-order valence-electron chi connectivity index (χ3n) is 2.86. The number of hydrogen-bond acceptors (Lipinski definition) is 4. The van der Waals surface area contributed by atoms with Crippen LogP contribution in [0.4, 0.5) is 20.2 Å². The summed E-state index contributed by atoms with van der Waals surface area (Å²) in [7, 11) is 0. The number of rotatable bonds is 2. The van der Waals surface area contributed by atoms with E-state index in [1.165, 1.54) is 17.8 Å².